The average molecular weight is 816 g/mol. The molecule has 1 unspecified atom stereocenters. The maximum absolute atomic E-state index is 5.89. The summed E-state index contributed by atoms with van der Waals surface area (Å²) in [6.45, 7) is 21.7. The van der Waals surface area contributed by atoms with Crippen molar-refractivity contribution in [3.8, 4) is 33.4 Å². The Kier molecular flexibility index (Phi) is 9.60. The van der Waals surface area contributed by atoms with Crippen LogP contribution in [0, 0.1) is 18.3 Å². The third kappa shape index (κ3) is 6.40. The topological polar surface area (TPSA) is 0 Å². The van der Waals surface area contributed by atoms with Crippen LogP contribution in [0.4, 0.5) is 0 Å². The second-order valence-corrected chi connectivity index (χ2v) is 34.6. The Morgan fingerprint density at radius 1 is 0.679 bits per heavy atom. The van der Waals surface area contributed by atoms with Gasteiger partial charge in [0.2, 0.25) is 0 Å². The molecular weight excluding hydrogens is 752 g/mol. The van der Waals surface area contributed by atoms with Gasteiger partial charge in [-0.3, -0.25) is 0 Å². The average Bonchev–Trinajstić information content (AvgIpc) is 3.75. The zero-order valence-electron chi connectivity index (χ0n) is 36.0. The van der Waals surface area contributed by atoms with E-state index in [1.165, 1.54) is 96.6 Å². The second kappa shape index (κ2) is 13.7. The summed E-state index contributed by atoms with van der Waals surface area (Å²) in [7, 11) is 0. The van der Waals surface area contributed by atoms with Crippen LogP contribution in [0.25, 0.3) is 33.4 Å². The normalized spacial score (nSPS) is 18.3. The van der Waals surface area contributed by atoms with Gasteiger partial charge in [-0.2, -0.15) is 0 Å². The van der Waals surface area contributed by atoms with Crippen molar-refractivity contribution in [2.45, 2.75) is 116 Å². The molecule has 56 heavy (non-hydrogen) atoms. The van der Waals surface area contributed by atoms with Crippen LogP contribution >= 0.6 is 0 Å². The molecule has 0 bridgehead atoms. The van der Waals surface area contributed by atoms with Crippen molar-refractivity contribution in [3.05, 3.63) is 152 Å². The molecule has 5 aromatic carbocycles. The van der Waals surface area contributed by atoms with E-state index in [9.17, 15) is 0 Å². The third-order valence-corrected chi connectivity index (χ3v) is 28.9. The van der Waals surface area contributed by atoms with Gasteiger partial charge < -0.3 is 0 Å². The molecule has 0 radical (unpaired) electrons. The fraction of sp³-hybridized carbons (Fsp3) is 0.364. The van der Waals surface area contributed by atoms with Crippen LogP contribution < -0.4 is 6.54 Å². The van der Waals surface area contributed by atoms with Gasteiger partial charge >= 0.3 is 342 Å². The van der Waals surface area contributed by atoms with E-state index < -0.39 is 18.3 Å². The van der Waals surface area contributed by atoms with E-state index in [0.717, 1.165) is 6.42 Å². The Bertz CT molecular complexity index is 2450. The standard InChI is InChI=1S/C33H33.C13H19.C7H7.CH3.CH2.Zr/c1-32(2,3)30-20-26-24(18-28(30)22-13-9-7-10-14-22)17-25-19-29(23-15-11-8-12-16-23)31(21-27(25)26)33(4,5)6;1-11-6-7-12(10-11)13(2)8-4-3-5-9-13;1-7-5-3-2-4-6-7;;;/h7-16,18,20-21H,17H2,1-6H3;7,10-11H,3-5,8-9H2,1-2H3;3-6H,1H3;1H3;1H2;. The number of rotatable bonds is 6. The number of aryl methyl sites for hydroxylation is 1. The molecule has 0 amide bonds. The zero-order chi connectivity index (χ0) is 39.9. The fourth-order valence-corrected chi connectivity index (χ4v) is 25.4. The summed E-state index contributed by atoms with van der Waals surface area (Å²) in [5.74, 6) is 0.330. The van der Waals surface area contributed by atoms with Gasteiger partial charge in [-0.05, 0) is 0 Å². The van der Waals surface area contributed by atoms with Crippen LogP contribution in [0.5, 0.6) is 0 Å². The SMILES string of the molecule is [CH2]=[Zr]([CH3])([C]1=CC(C2(C)CCCCC2)=CC1C)([c]1ccc(C)cc1)[c]1c2c(cc(C(C)(C)C)c1-c1ccccc1)-c1cc(C(C)(C)C)c(-c3ccccc3)cc1C2. The van der Waals surface area contributed by atoms with E-state index in [-0.39, 0.29) is 16.2 Å². The molecule has 3 aliphatic carbocycles. The Hall–Kier alpha value is -3.67. The predicted molar refractivity (Wildman–Crippen MR) is 243 cm³/mol. The zero-order valence-corrected chi connectivity index (χ0v) is 38.5. The first-order valence-electron chi connectivity index (χ1n) is 21.5. The van der Waals surface area contributed by atoms with Gasteiger partial charge in [-0.1, -0.05) is 0 Å². The molecule has 0 aromatic heterocycles. The van der Waals surface area contributed by atoms with Gasteiger partial charge in [0.1, 0.15) is 0 Å². The number of hydrogen-bond acceptors (Lipinski definition) is 0. The molecule has 3 aliphatic rings. The predicted octanol–water partition coefficient (Wildman–Crippen LogP) is 14.0. The quantitative estimate of drug-likeness (QED) is 0.157. The van der Waals surface area contributed by atoms with Crippen LogP contribution in [-0.2, 0) is 35.5 Å². The fourth-order valence-electron chi connectivity index (χ4n) is 11.1. The summed E-state index contributed by atoms with van der Waals surface area (Å²) in [4.78, 5) is 0. The van der Waals surface area contributed by atoms with Gasteiger partial charge in [-0.25, -0.2) is 0 Å². The van der Waals surface area contributed by atoms with Gasteiger partial charge in [0.25, 0.3) is 0 Å². The number of benzene rings is 5. The number of fused-ring (bicyclic) bond motifs is 3. The minimum atomic E-state index is -4.81. The molecule has 1 heteroatoms. The first kappa shape index (κ1) is 39.2. The summed E-state index contributed by atoms with van der Waals surface area (Å²) in [6, 6.07) is 39.9. The van der Waals surface area contributed by atoms with Crippen LogP contribution in [0.2, 0.25) is 4.63 Å². The number of hydrogen-bond donors (Lipinski definition) is 0. The third-order valence-electron chi connectivity index (χ3n) is 14.3. The van der Waals surface area contributed by atoms with Gasteiger partial charge in [0.15, 0.2) is 0 Å². The molecule has 0 heterocycles. The Balaban J connectivity index is 1.52. The van der Waals surface area contributed by atoms with E-state index in [1.807, 2.05) is 0 Å². The van der Waals surface area contributed by atoms with E-state index >= 15 is 0 Å². The van der Waals surface area contributed by atoms with Crippen molar-refractivity contribution >= 4 is 10.8 Å². The number of allylic oxidation sites excluding steroid dienone is 4. The summed E-state index contributed by atoms with van der Waals surface area (Å²) in [6.07, 6.45) is 12.9. The Labute approximate surface area is 339 Å². The van der Waals surface area contributed by atoms with Crippen molar-refractivity contribution < 1.29 is 18.3 Å². The molecule has 8 rings (SSSR count). The monoisotopic (exact) mass is 814 g/mol. The van der Waals surface area contributed by atoms with Gasteiger partial charge in [-0.15, -0.1) is 0 Å². The minimum absolute atomic E-state index is 0.0207. The van der Waals surface area contributed by atoms with Crippen LogP contribution in [-0.4, -0.2) is 4.21 Å². The summed E-state index contributed by atoms with van der Waals surface area (Å²) in [5, 5.41) is 0. The molecule has 1 fully saturated rings. The second-order valence-electron chi connectivity index (χ2n) is 20.7. The maximum atomic E-state index is 5.89. The molecular formula is C55H64Zr. The Morgan fingerprint density at radius 2 is 1.25 bits per heavy atom. The first-order valence-corrected chi connectivity index (χ1v) is 29.3. The summed E-state index contributed by atoms with van der Waals surface area (Å²) < 4.78 is 13.3. The molecule has 0 N–H and O–H groups in total. The molecule has 0 spiro atoms. The van der Waals surface area contributed by atoms with Crippen molar-refractivity contribution in [3.63, 3.8) is 0 Å². The van der Waals surface area contributed by atoms with E-state index in [2.05, 4.69) is 182 Å². The molecule has 5 aromatic rings. The van der Waals surface area contributed by atoms with Crippen molar-refractivity contribution in [1.82, 2.24) is 0 Å². The van der Waals surface area contributed by atoms with Gasteiger partial charge in [0, 0.05) is 0 Å². The van der Waals surface area contributed by atoms with Crippen LogP contribution in [0.1, 0.15) is 115 Å². The van der Waals surface area contributed by atoms with Crippen LogP contribution in [0.3, 0.4) is 0 Å². The summed E-state index contributed by atoms with van der Waals surface area (Å²) >= 11 is -4.81. The van der Waals surface area contributed by atoms with E-state index in [1.54, 1.807) is 12.1 Å². The van der Waals surface area contributed by atoms with E-state index in [0.29, 0.717) is 5.92 Å². The first-order chi connectivity index (χ1) is 26.4. The van der Waals surface area contributed by atoms with Gasteiger partial charge in [0.05, 0.1) is 0 Å². The van der Waals surface area contributed by atoms with Crippen molar-refractivity contribution in [2.75, 3.05) is 0 Å². The van der Waals surface area contributed by atoms with E-state index in [4.69, 9.17) is 4.21 Å². The molecule has 0 saturated heterocycles. The van der Waals surface area contributed by atoms with Crippen molar-refractivity contribution in [2.24, 2.45) is 11.3 Å². The molecule has 1 atom stereocenters. The molecule has 0 aliphatic heterocycles. The molecule has 0 nitrogen and oxygen atoms in total. The van der Waals surface area contributed by atoms with Crippen molar-refractivity contribution in [1.29, 1.82) is 0 Å². The Morgan fingerprint density at radius 3 is 1.84 bits per heavy atom. The molecule has 1 saturated carbocycles. The van der Waals surface area contributed by atoms with Crippen LogP contribution in [0.15, 0.2) is 124 Å². The summed E-state index contributed by atoms with van der Waals surface area (Å²) in [5.41, 5.74) is 17.1. The molecule has 288 valence electrons.